The Labute approximate surface area is 123 Å². The maximum atomic E-state index is 11.8. The van der Waals surface area contributed by atoms with Crippen molar-refractivity contribution in [2.75, 3.05) is 0 Å². The van der Waals surface area contributed by atoms with Crippen LogP contribution in [0.25, 0.3) is 0 Å². The van der Waals surface area contributed by atoms with Gasteiger partial charge in [-0.1, -0.05) is 0 Å². The molecule has 1 aliphatic rings. The van der Waals surface area contributed by atoms with Crippen molar-refractivity contribution in [1.82, 2.24) is 26.7 Å². The monoisotopic (exact) mass is 291 g/mol. The third kappa shape index (κ3) is 4.24. The van der Waals surface area contributed by atoms with Gasteiger partial charge in [0.1, 0.15) is 0 Å². The molecular formula is C14H21N5O2. The van der Waals surface area contributed by atoms with E-state index in [0.29, 0.717) is 30.0 Å². The summed E-state index contributed by atoms with van der Waals surface area (Å²) in [5.74, 6) is -0.175. The number of pyridine rings is 1. The first-order valence-electron chi connectivity index (χ1n) is 7.08. The summed E-state index contributed by atoms with van der Waals surface area (Å²) in [6.07, 6.45) is 4.16. The maximum absolute atomic E-state index is 11.8. The zero-order valence-corrected chi connectivity index (χ0v) is 12.2. The van der Waals surface area contributed by atoms with Crippen molar-refractivity contribution in [3.05, 3.63) is 30.1 Å². The highest BCUT2D eigenvalue weighted by molar-refractivity contribution is 5.94. The quantitative estimate of drug-likeness (QED) is 0.591. The van der Waals surface area contributed by atoms with E-state index in [2.05, 4.69) is 40.5 Å². The molecule has 1 aromatic rings. The normalized spacial score (nSPS) is 24.6. The minimum absolute atomic E-state index is 0.196. The molecule has 0 aromatic carbocycles. The van der Waals surface area contributed by atoms with Crippen LogP contribution in [0.15, 0.2) is 24.5 Å². The molecule has 7 nitrogen and oxygen atoms in total. The van der Waals surface area contributed by atoms with Gasteiger partial charge >= 0.3 is 0 Å². The topological polar surface area (TPSA) is 95.1 Å². The molecule has 1 saturated heterocycles. The van der Waals surface area contributed by atoms with E-state index in [9.17, 15) is 9.59 Å². The van der Waals surface area contributed by atoms with Gasteiger partial charge in [-0.2, -0.15) is 0 Å². The molecule has 0 aliphatic carbocycles. The van der Waals surface area contributed by atoms with E-state index in [0.717, 1.165) is 6.42 Å². The van der Waals surface area contributed by atoms with Crippen LogP contribution in [-0.4, -0.2) is 28.9 Å². The third-order valence-corrected chi connectivity index (χ3v) is 3.77. The molecule has 2 heterocycles. The Morgan fingerprint density at radius 1 is 1.24 bits per heavy atom. The van der Waals surface area contributed by atoms with Crippen LogP contribution >= 0.6 is 0 Å². The second-order valence-corrected chi connectivity index (χ2v) is 5.31. The van der Waals surface area contributed by atoms with Crippen molar-refractivity contribution in [1.29, 1.82) is 0 Å². The molecule has 4 N–H and O–H groups in total. The van der Waals surface area contributed by atoms with E-state index in [1.165, 1.54) is 6.20 Å². The van der Waals surface area contributed by atoms with Crippen molar-refractivity contribution in [2.45, 2.75) is 38.8 Å². The van der Waals surface area contributed by atoms with Gasteiger partial charge in [-0.25, -0.2) is 0 Å². The van der Waals surface area contributed by atoms with E-state index in [4.69, 9.17) is 0 Å². The number of hydrogen-bond donors (Lipinski definition) is 4. The largest absolute Gasteiger partial charge is 0.273 e. The smallest absolute Gasteiger partial charge is 0.271 e. The maximum Gasteiger partial charge on any atom is 0.271 e. The molecule has 2 rings (SSSR count). The van der Waals surface area contributed by atoms with E-state index < -0.39 is 0 Å². The van der Waals surface area contributed by atoms with Crippen molar-refractivity contribution >= 4 is 11.8 Å². The molecule has 114 valence electrons. The van der Waals surface area contributed by atoms with Gasteiger partial charge < -0.3 is 0 Å². The molecule has 0 bridgehead atoms. The molecule has 2 unspecified atom stereocenters. The molecule has 0 spiro atoms. The summed E-state index contributed by atoms with van der Waals surface area (Å²) in [7, 11) is 0. The summed E-state index contributed by atoms with van der Waals surface area (Å²) in [6, 6.07) is 3.96. The number of amides is 2. The molecule has 7 heteroatoms. The van der Waals surface area contributed by atoms with Crippen molar-refractivity contribution < 1.29 is 9.59 Å². The second kappa shape index (κ2) is 7.14. The predicted molar refractivity (Wildman–Crippen MR) is 77.8 cm³/mol. The molecule has 2 atom stereocenters. The fourth-order valence-corrected chi connectivity index (χ4v) is 2.47. The van der Waals surface area contributed by atoms with Crippen LogP contribution in [0.5, 0.6) is 0 Å². The highest BCUT2D eigenvalue weighted by Gasteiger charge is 2.29. The van der Waals surface area contributed by atoms with E-state index in [1.54, 1.807) is 18.3 Å². The van der Waals surface area contributed by atoms with Crippen molar-refractivity contribution in [3.8, 4) is 0 Å². The van der Waals surface area contributed by atoms with Gasteiger partial charge in [-0.3, -0.25) is 36.3 Å². The number of carbonyl (C=O) groups is 2. The fraction of sp³-hybridized carbons (Fsp3) is 0.500. The first kappa shape index (κ1) is 15.4. The highest BCUT2D eigenvalue weighted by atomic mass is 16.2. The molecule has 1 fully saturated rings. The third-order valence-electron chi connectivity index (χ3n) is 3.77. The highest BCUT2D eigenvalue weighted by Crippen LogP contribution is 2.19. The van der Waals surface area contributed by atoms with Gasteiger partial charge in [-0.05, 0) is 38.3 Å². The van der Waals surface area contributed by atoms with Gasteiger partial charge in [0.2, 0.25) is 5.91 Å². The van der Waals surface area contributed by atoms with E-state index >= 15 is 0 Å². The first-order valence-corrected chi connectivity index (χ1v) is 7.08. The summed E-state index contributed by atoms with van der Waals surface area (Å²) in [5.41, 5.74) is 11.5. The molecule has 1 aromatic heterocycles. The number of hydrogen-bond acceptors (Lipinski definition) is 5. The summed E-state index contributed by atoms with van der Waals surface area (Å²) in [5, 5.41) is 0. The molecule has 2 amide bonds. The Bertz CT molecular complexity index is 483. The van der Waals surface area contributed by atoms with Crippen LogP contribution in [0.1, 0.15) is 37.0 Å². The SMILES string of the molecule is CC1NNC(C)C1CCC(=O)NNC(=O)c1cccnc1. The first-order chi connectivity index (χ1) is 10.1. The van der Waals surface area contributed by atoms with Gasteiger partial charge in [0.05, 0.1) is 5.56 Å². The van der Waals surface area contributed by atoms with Crippen LogP contribution in [0.3, 0.4) is 0 Å². The Hall–Kier alpha value is -1.99. The number of nitrogens with one attached hydrogen (secondary N) is 4. The van der Waals surface area contributed by atoms with Gasteiger partial charge in [0, 0.05) is 30.9 Å². The van der Waals surface area contributed by atoms with Gasteiger partial charge in [-0.15, -0.1) is 0 Å². The molecular weight excluding hydrogens is 270 g/mol. The van der Waals surface area contributed by atoms with Crippen LogP contribution < -0.4 is 21.7 Å². The van der Waals surface area contributed by atoms with Crippen LogP contribution in [-0.2, 0) is 4.79 Å². The summed E-state index contributed by atoms with van der Waals surface area (Å²) in [4.78, 5) is 27.3. The summed E-state index contributed by atoms with van der Waals surface area (Å²) in [6.45, 7) is 4.17. The summed E-state index contributed by atoms with van der Waals surface area (Å²) < 4.78 is 0. The van der Waals surface area contributed by atoms with Crippen LogP contribution in [0, 0.1) is 5.92 Å². The zero-order chi connectivity index (χ0) is 15.2. The number of hydrazine groups is 2. The molecule has 0 radical (unpaired) electrons. The van der Waals surface area contributed by atoms with Crippen molar-refractivity contribution in [3.63, 3.8) is 0 Å². The number of nitrogens with zero attached hydrogens (tertiary/aromatic N) is 1. The Balaban J connectivity index is 1.71. The minimum atomic E-state index is -0.373. The molecule has 21 heavy (non-hydrogen) atoms. The number of aromatic nitrogens is 1. The lowest BCUT2D eigenvalue weighted by atomic mass is 9.91. The summed E-state index contributed by atoms with van der Waals surface area (Å²) >= 11 is 0. The van der Waals surface area contributed by atoms with Gasteiger partial charge in [0.15, 0.2) is 0 Å². The Morgan fingerprint density at radius 2 is 1.95 bits per heavy atom. The van der Waals surface area contributed by atoms with E-state index in [1.807, 2.05) is 0 Å². The van der Waals surface area contributed by atoms with Gasteiger partial charge in [0.25, 0.3) is 5.91 Å². The average molecular weight is 291 g/mol. The molecule has 1 aliphatic heterocycles. The second-order valence-electron chi connectivity index (χ2n) is 5.31. The molecule has 0 saturated carbocycles. The lowest BCUT2D eigenvalue weighted by Gasteiger charge is -2.17. The number of rotatable bonds is 4. The minimum Gasteiger partial charge on any atom is -0.273 e. The lowest BCUT2D eigenvalue weighted by molar-refractivity contribution is -0.122. The van der Waals surface area contributed by atoms with Crippen LogP contribution in [0.2, 0.25) is 0 Å². The zero-order valence-electron chi connectivity index (χ0n) is 12.2. The lowest BCUT2D eigenvalue weighted by Crippen LogP contribution is -2.42. The predicted octanol–water partition coefficient (Wildman–Crippen LogP) is 0.124. The Morgan fingerprint density at radius 3 is 2.57 bits per heavy atom. The fourth-order valence-electron chi connectivity index (χ4n) is 2.47. The average Bonchev–Trinajstić information content (AvgIpc) is 2.82. The van der Waals surface area contributed by atoms with E-state index in [-0.39, 0.29) is 11.8 Å². The van der Waals surface area contributed by atoms with Crippen LogP contribution in [0.4, 0.5) is 0 Å². The standard InChI is InChI=1S/C14H21N5O2/c1-9-12(10(2)17-16-9)5-6-13(20)18-19-14(21)11-4-3-7-15-8-11/h3-4,7-10,12,16-17H,5-6H2,1-2H3,(H,18,20)(H,19,21). The Kier molecular flexibility index (Phi) is 5.24. The van der Waals surface area contributed by atoms with Crippen molar-refractivity contribution in [2.24, 2.45) is 5.92 Å². The number of carbonyl (C=O) groups excluding carboxylic acids is 2.